The lowest BCUT2D eigenvalue weighted by Gasteiger charge is -2.32. The first kappa shape index (κ1) is 22.6. The van der Waals surface area contributed by atoms with Gasteiger partial charge in [-0.25, -0.2) is 0 Å². The highest BCUT2D eigenvalue weighted by molar-refractivity contribution is 8.01. The van der Waals surface area contributed by atoms with Crippen molar-refractivity contribution in [3.05, 3.63) is 71.3 Å². The van der Waals surface area contributed by atoms with Crippen LogP contribution in [0, 0.1) is 0 Å². The first-order valence-electron chi connectivity index (χ1n) is 9.82. The molecule has 0 radical (unpaired) electrons. The summed E-state index contributed by atoms with van der Waals surface area (Å²) in [5, 5.41) is 2.72. The molecule has 5 rings (SSSR count). The Morgan fingerprint density at radius 2 is 1.61 bits per heavy atom. The van der Waals surface area contributed by atoms with Gasteiger partial charge in [0.2, 0.25) is 5.91 Å². The second kappa shape index (κ2) is 9.78. The lowest BCUT2D eigenvalue weighted by atomic mass is 10.1. The van der Waals surface area contributed by atoms with E-state index in [1.807, 2.05) is 47.0 Å². The summed E-state index contributed by atoms with van der Waals surface area (Å²) in [4.78, 5) is 44.5. The van der Waals surface area contributed by atoms with E-state index in [0.29, 0.717) is 40.2 Å². The highest BCUT2D eigenvalue weighted by Crippen LogP contribution is 2.45. The molecule has 0 saturated carbocycles. The molecule has 2 aromatic rings. The Hall–Kier alpha value is -3.13. The Bertz CT molecular complexity index is 944. The van der Waals surface area contributed by atoms with E-state index in [2.05, 4.69) is 23.9 Å². The fourth-order valence-corrected chi connectivity index (χ4v) is 4.85. The Balaban J connectivity index is 0.000000132. The largest absolute Gasteiger partial charge is 0.463 e. The second-order valence-corrected chi connectivity index (χ2v) is 9.66. The maximum Gasteiger partial charge on any atom is 0.293 e. The number of benzene rings is 2. The Morgan fingerprint density at radius 1 is 1.03 bits per heavy atom. The monoisotopic (exact) mass is 440 g/mol. The molecule has 2 aromatic carbocycles. The number of carbonyl (C=O) groups excluding carboxylic acids is 4. The van der Waals surface area contributed by atoms with Crippen LogP contribution in [0.15, 0.2) is 54.6 Å². The third-order valence-electron chi connectivity index (χ3n) is 4.83. The van der Waals surface area contributed by atoms with E-state index in [1.165, 1.54) is 0 Å². The molecule has 2 fully saturated rings. The molecule has 1 atom stereocenters. The minimum absolute atomic E-state index is 0.300. The number of hydrogen-bond acceptors (Lipinski definition) is 6. The molecule has 31 heavy (non-hydrogen) atoms. The minimum atomic E-state index is -0.300. The van der Waals surface area contributed by atoms with E-state index in [9.17, 15) is 19.2 Å². The summed E-state index contributed by atoms with van der Waals surface area (Å²) in [5.74, 6) is -0.265. The van der Waals surface area contributed by atoms with Gasteiger partial charge in [-0.3, -0.25) is 24.5 Å². The lowest BCUT2D eigenvalue weighted by molar-refractivity contribution is -0.140. The van der Waals surface area contributed by atoms with Gasteiger partial charge in [0, 0.05) is 11.3 Å². The zero-order valence-electron chi connectivity index (χ0n) is 17.4. The van der Waals surface area contributed by atoms with Gasteiger partial charge in [0.05, 0.1) is 22.9 Å². The van der Waals surface area contributed by atoms with Crippen LogP contribution in [-0.4, -0.2) is 45.8 Å². The van der Waals surface area contributed by atoms with Crippen LogP contribution in [0.1, 0.15) is 46.5 Å². The number of fused-ring (bicyclic) bond motifs is 2. The topological polar surface area (TPSA) is 92.8 Å². The molecule has 8 heteroatoms. The van der Waals surface area contributed by atoms with Gasteiger partial charge < -0.3 is 9.64 Å². The summed E-state index contributed by atoms with van der Waals surface area (Å²) in [6.07, 6.45) is 0.772. The van der Waals surface area contributed by atoms with Crippen molar-refractivity contribution in [3.8, 4) is 0 Å². The zero-order chi connectivity index (χ0) is 22.4. The van der Waals surface area contributed by atoms with E-state index in [1.54, 1.807) is 24.3 Å². The zero-order valence-corrected chi connectivity index (χ0v) is 18.2. The number of imide groups is 1. The van der Waals surface area contributed by atoms with Gasteiger partial charge in [0.25, 0.3) is 18.3 Å². The van der Waals surface area contributed by atoms with E-state index in [0.717, 1.165) is 18.5 Å². The van der Waals surface area contributed by atoms with Gasteiger partial charge in [-0.15, -0.1) is 11.8 Å². The smallest absolute Gasteiger partial charge is 0.293 e. The van der Waals surface area contributed by atoms with E-state index in [4.69, 9.17) is 0 Å². The first-order valence-corrected chi connectivity index (χ1v) is 10.7. The Labute approximate surface area is 185 Å². The van der Waals surface area contributed by atoms with Crippen LogP contribution in [0.4, 0.5) is 0 Å². The lowest BCUT2D eigenvalue weighted by Crippen LogP contribution is -2.47. The van der Waals surface area contributed by atoms with Crippen LogP contribution in [0.25, 0.3) is 0 Å². The van der Waals surface area contributed by atoms with Crippen molar-refractivity contribution in [2.24, 2.45) is 0 Å². The van der Waals surface area contributed by atoms with Crippen molar-refractivity contribution in [3.63, 3.8) is 0 Å². The second-order valence-electron chi connectivity index (χ2n) is 7.78. The third-order valence-corrected chi connectivity index (χ3v) is 6.29. The summed E-state index contributed by atoms with van der Waals surface area (Å²) in [7, 11) is 0. The molecule has 162 valence electrons. The molecule has 3 amide bonds. The highest BCUT2D eigenvalue weighted by Gasteiger charge is 2.48. The normalized spacial score (nSPS) is 19.5. The number of carbonyl (C=O) groups is 4. The number of amides is 3. The summed E-state index contributed by atoms with van der Waals surface area (Å²) in [5.41, 5.74) is 1.95. The van der Waals surface area contributed by atoms with E-state index in [-0.39, 0.29) is 11.8 Å². The average molecular weight is 441 g/mol. The van der Waals surface area contributed by atoms with Gasteiger partial charge in [-0.1, -0.05) is 42.5 Å². The molecule has 3 heterocycles. The van der Waals surface area contributed by atoms with Gasteiger partial charge in [0.1, 0.15) is 6.61 Å². The Kier molecular flexibility index (Phi) is 7.12. The molecule has 2 saturated heterocycles. The van der Waals surface area contributed by atoms with Gasteiger partial charge >= 0.3 is 0 Å². The van der Waals surface area contributed by atoms with Crippen LogP contribution in [0.3, 0.4) is 0 Å². The molecule has 1 N–H and O–H groups in total. The highest BCUT2D eigenvalue weighted by atomic mass is 32.2. The molecule has 1 unspecified atom stereocenters. The van der Waals surface area contributed by atoms with Crippen LogP contribution in [-0.2, 0) is 20.9 Å². The van der Waals surface area contributed by atoms with Crippen molar-refractivity contribution in [1.82, 2.24) is 10.2 Å². The number of rotatable bonds is 3. The van der Waals surface area contributed by atoms with Crippen molar-refractivity contribution in [1.29, 1.82) is 0 Å². The quantitative estimate of drug-likeness (QED) is 0.448. The fourth-order valence-electron chi connectivity index (χ4n) is 3.36. The number of ether oxygens (including phenoxy) is 1. The summed E-state index contributed by atoms with van der Waals surface area (Å²) in [6.45, 7) is 6.16. The third kappa shape index (κ3) is 5.73. The first-order chi connectivity index (χ1) is 14.8. The predicted octanol–water partition coefficient (Wildman–Crippen LogP) is 3.00. The number of β-lactam (4-membered cyclic amide) rings is 1. The van der Waals surface area contributed by atoms with Crippen LogP contribution in [0.2, 0.25) is 0 Å². The number of nitrogens with one attached hydrogen (secondary N) is 1. The fraction of sp³-hybridized carbons (Fsp3) is 0.304. The number of thioether (sulfide) groups is 1. The molecular weight excluding hydrogens is 416 g/mol. The number of hydrogen-bond donors (Lipinski definition) is 1. The maximum atomic E-state index is 10.9. The SMILES string of the molecule is CC1(C)CN2C(=O)CC2S1.O=C1NC(=O)c2ccccc21.O=COCc1ccccc1. The van der Waals surface area contributed by atoms with Crippen LogP contribution < -0.4 is 5.32 Å². The Morgan fingerprint density at radius 3 is 2.10 bits per heavy atom. The van der Waals surface area contributed by atoms with E-state index < -0.39 is 0 Å². The molecule has 0 aliphatic carbocycles. The van der Waals surface area contributed by atoms with Gasteiger partial charge in [0.15, 0.2) is 0 Å². The molecule has 0 aromatic heterocycles. The van der Waals surface area contributed by atoms with Crippen LogP contribution >= 0.6 is 11.8 Å². The average Bonchev–Trinajstić information content (AvgIpc) is 3.20. The van der Waals surface area contributed by atoms with Crippen molar-refractivity contribution >= 4 is 36.0 Å². The predicted molar refractivity (Wildman–Crippen MR) is 117 cm³/mol. The minimum Gasteiger partial charge on any atom is -0.463 e. The molecule has 7 nitrogen and oxygen atoms in total. The van der Waals surface area contributed by atoms with E-state index >= 15 is 0 Å². The summed E-state index contributed by atoms with van der Waals surface area (Å²) in [6, 6.07) is 16.3. The van der Waals surface area contributed by atoms with Crippen molar-refractivity contribution < 1.29 is 23.9 Å². The maximum absolute atomic E-state index is 10.9. The molecular formula is C23H24N2O5S. The molecule has 3 aliphatic heterocycles. The van der Waals surface area contributed by atoms with Gasteiger partial charge in [-0.2, -0.15) is 0 Å². The van der Waals surface area contributed by atoms with Crippen LogP contribution in [0.5, 0.6) is 0 Å². The molecule has 3 aliphatic rings. The molecule has 0 bridgehead atoms. The molecule has 0 spiro atoms. The van der Waals surface area contributed by atoms with Crippen molar-refractivity contribution in [2.75, 3.05) is 6.54 Å². The van der Waals surface area contributed by atoms with Crippen molar-refractivity contribution in [2.45, 2.75) is 37.0 Å². The van der Waals surface area contributed by atoms with Gasteiger partial charge in [-0.05, 0) is 31.5 Å². The number of nitrogens with zero attached hydrogens (tertiary/aromatic N) is 1. The summed E-state index contributed by atoms with van der Waals surface area (Å²) < 4.78 is 4.84. The standard InChI is InChI=1S/C8H5NO2.C8H8O2.C7H11NOS/c10-7-5-3-1-2-4-6(5)8(11)9-7;9-7-10-6-8-4-2-1-3-5-8;1-7(2)4-8-5(9)3-6(8)10-7/h1-4H,(H,9,10,11);1-5,7H,6H2;6H,3-4H2,1-2H3. The summed E-state index contributed by atoms with van der Waals surface area (Å²) >= 11 is 1.93.